The number of aromatic carboxylic acids is 1. The van der Waals surface area contributed by atoms with Crippen molar-refractivity contribution in [2.75, 3.05) is 5.73 Å². The number of benzene rings is 3. The number of aromatic hydroxyl groups is 1. The fourth-order valence-electron chi connectivity index (χ4n) is 12.3. The molecular formula is C39H43NO4. The summed E-state index contributed by atoms with van der Waals surface area (Å²) in [7, 11) is 0. The maximum absolute atomic E-state index is 11.5. The summed E-state index contributed by atoms with van der Waals surface area (Å²) in [5.41, 5.74) is 11.1. The lowest BCUT2D eigenvalue weighted by atomic mass is 9.42. The van der Waals surface area contributed by atoms with Gasteiger partial charge in [-0.3, -0.25) is 0 Å². The molecule has 0 aromatic heterocycles. The Hall–Kier alpha value is -3.47. The van der Waals surface area contributed by atoms with Gasteiger partial charge in [0.2, 0.25) is 0 Å². The van der Waals surface area contributed by atoms with Crippen molar-refractivity contribution in [1.29, 1.82) is 0 Å². The average Bonchev–Trinajstić information content (AvgIpc) is 2.99. The van der Waals surface area contributed by atoms with Crippen LogP contribution in [-0.4, -0.2) is 16.2 Å². The second-order valence-electron chi connectivity index (χ2n) is 15.9. The number of phenols is 1. The Labute approximate surface area is 259 Å². The lowest BCUT2D eigenvalue weighted by molar-refractivity contribution is -0.0281. The molecule has 5 nitrogen and oxygen atoms in total. The molecule has 4 N–H and O–H groups in total. The predicted octanol–water partition coefficient (Wildman–Crippen LogP) is 8.79. The van der Waals surface area contributed by atoms with Crippen LogP contribution >= 0.6 is 0 Å². The molecule has 3 aromatic carbocycles. The van der Waals surface area contributed by atoms with Crippen molar-refractivity contribution in [3.8, 4) is 17.2 Å². The van der Waals surface area contributed by atoms with Crippen molar-refractivity contribution < 1.29 is 19.7 Å². The Morgan fingerprint density at radius 2 is 1.23 bits per heavy atom. The van der Waals surface area contributed by atoms with Crippen molar-refractivity contribution in [2.45, 2.75) is 87.4 Å². The van der Waals surface area contributed by atoms with Gasteiger partial charge in [-0.1, -0.05) is 24.3 Å². The van der Waals surface area contributed by atoms with Gasteiger partial charge in [0.25, 0.3) is 0 Å². The van der Waals surface area contributed by atoms with Gasteiger partial charge < -0.3 is 20.7 Å². The molecule has 44 heavy (non-hydrogen) atoms. The summed E-state index contributed by atoms with van der Waals surface area (Å²) >= 11 is 0. The summed E-state index contributed by atoms with van der Waals surface area (Å²) in [5.74, 6) is 5.66. The third-order valence-corrected chi connectivity index (χ3v) is 13.3. The van der Waals surface area contributed by atoms with E-state index in [4.69, 9.17) is 10.5 Å². The van der Waals surface area contributed by atoms with Gasteiger partial charge in [-0.05, 0) is 170 Å². The number of anilines is 1. The minimum absolute atomic E-state index is 0.130. The summed E-state index contributed by atoms with van der Waals surface area (Å²) in [6, 6.07) is 20.4. The molecule has 0 radical (unpaired) electrons. The molecule has 8 aliphatic carbocycles. The van der Waals surface area contributed by atoms with E-state index in [1.807, 2.05) is 6.07 Å². The van der Waals surface area contributed by atoms with E-state index in [9.17, 15) is 15.0 Å². The lowest BCUT2D eigenvalue weighted by Crippen LogP contribution is -2.55. The van der Waals surface area contributed by atoms with Gasteiger partial charge in [-0.25, -0.2) is 4.79 Å². The number of phenolic OH excluding ortho intramolecular Hbond substituents is 1. The van der Waals surface area contributed by atoms with Gasteiger partial charge >= 0.3 is 5.97 Å². The highest BCUT2D eigenvalue weighted by atomic mass is 16.5. The summed E-state index contributed by atoms with van der Waals surface area (Å²) in [5, 5.41) is 20.7. The molecule has 228 valence electrons. The highest BCUT2D eigenvalue weighted by Crippen LogP contribution is 2.66. The van der Waals surface area contributed by atoms with Crippen LogP contribution in [-0.2, 0) is 10.8 Å². The molecule has 3 aromatic rings. The molecule has 0 heterocycles. The van der Waals surface area contributed by atoms with Crippen molar-refractivity contribution in [3.05, 3.63) is 82.9 Å². The highest BCUT2D eigenvalue weighted by molar-refractivity contribution is 5.87. The van der Waals surface area contributed by atoms with E-state index in [0.717, 1.165) is 35.3 Å². The molecule has 0 aliphatic heterocycles. The molecule has 11 rings (SSSR count). The molecule has 0 spiro atoms. The number of carbonyl (C=O) groups is 1. The van der Waals surface area contributed by atoms with Gasteiger partial charge in [-0.15, -0.1) is 0 Å². The maximum Gasteiger partial charge on any atom is 0.335 e. The van der Waals surface area contributed by atoms with Crippen molar-refractivity contribution in [2.24, 2.45) is 35.5 Å². The van der Waals surface area contributed by atoms with Crippen LogP contribution in [0.4, 0.5) is 5.69 Å². The first-order valence-corrected chi connectivity index (χ1v) is 17.0. The Balaban J connectivity index is 1.01. The Kier molecular flexibility index (Phi) is 5.82. The Morgan fingerprint density at radius 1 is 0.705 bits per heavy atom. The fourth-order valence-corrected chi connectivity index (χ4v) is 12.3. The van der Waals surface area contributed by atoms with E-state index in [1.54, 1.807) is 18.2 Å². The quantitative estimate of drug-likeness (QED) is 0.197. The molecule has 8 bridgehead atoms. The smallest absolute Gasteiger partial charge is 0.335 e. The number of carboxylic acids is 1. The summed E-state index contributed by atoms with van der Waals surface area (Å²) in [6.45, 7) is 0. The first kappa shape index (κ1) is 26.9. The monoisotopic (exact) mass is 589 g/mol. The predicted molar refractivity (Wildman–Crippen MR) is 170 cm³/mol. The van der Waals surface area contributed by atoms with Gasteiger partial charge in [0.05, 0.1) is 11.3 Å². The SMILES string of the molecule is Nc1ccc(Oc2ccc(C34CC5CC(C3)CC(c3ccc(C(=O)O)cc3)(C5)C4)cc2)c(C2C3CC4CC(C3)CC2C4)c1O. The number of hydrogen-bond acceptors (Lipinski definition) is 4. The highest BCUT2D eigenvalue weighted by Gasteiger charge is 2.58. The number of carboxylic acid groups (broad SMARTS) is 1. The third-order valence-electron chi connectivity index (χ3n) is 13.3. The topological polar surface area (TPSA) is 92.8 Å². The molecule has 8 aliphatic rings. The minimum Gasteiger partial charge on any atom is -0.505 e. The largest absolute Gasteiger partial charge is 0.505 e. The van der Waals surface area contributed by atoms with Gasteiger partial charge in [0.1, 0.15) is 17.2 Å². The van der Waals surface area contributed by atoms with Crippen molar-refractivity contribution in [3.63, 3.8) is 0 Å². The van der Waals surface area contributed by atoms with Crippen LogP contribution in [0.1, 0.15) is 104 Å². The first-order chi connectivity index (χ1) is 21.3. The van der Waals surface area contributed by atoms with Crippen LogP contribution < -0.4 is 10.5 Å². The Morgan fingerprint density at radius 3 is 1.77 bits per heavy atom. The molecule has 5 heteroatoms. The maximum atomic E-state index is 11.5. The lowest BCUT2D eigenvalue weighted by Gasteiger charge is -2.62. The van der Waals surface area contributed by atoms with Crippen LogP contribution in [0, 0.1) is 35.5 Å². The van der Waals surface area contributed by atoms with E-state index >= 15 is 0 Å². The molecule has 8 saturated carbocycles. The van der Waals surface area contributed by atoms with E-state index in [2.05, 4.69) is 36.4 Å². The van der Waals surface area contributed by atoms with E-state index < -0.39 is 5.97 Å². The van der Waals surface area contributed by atoms with Crippen LogP contribution in [0.15, 0.2) is 60.7 Å². The second-order valence-corrected chi connectivity index (χ2v) is 15.9. The van der Waals surface area contributed by atoms with E-state index in [-0.39, 0.29) is 16.6 Å². The summed E-state index contributed by atoms with van der Waals surface area (Å²) in [6.07, 6.45) is 13.9. The van der Waals surface area contributed by atoms with Crippen molar-refractivity contribution in [1.82, 2.24) is 0 Å². The van der Waals surface area contributed by atoms with Gasteiger partial charge in [-0.2, -0.15) is 0 Å². The molecule has 2 unspecified atom stereocenters. The Bertz CT molecular complexity index is 1580. The number of rotatable bonds is 6. The van der Waals surface area contributed by atoms with Crippen LogP contribution in [0.3, 0.4) is 0 Å². The van der Waals surface area contributed by atoms with Crippen LogP contribution in [0.25, 0.3) is 0 Å². The number of nitrogens with two attached hydrogens (primary N) is 1. The normalized spacial score (nSPS) is 37.8. The molecular weight excluding hydrogens is 546 g/mol. The number of ether oxygens (including phenoxy) is 1. The number of nitrogen functional groups attached to an aromatic ring is 1. The first-order valence-electron chi connectivity index (χ1n) is 17.0. The van der Waals surface area contributed by atoms with Gasteiger partial charge in [0.15, 0.2) is 0 Å². The zero-order valence-electron chi connectivity index (χ0n) is 25.4. The zero-order chi connectivity index (χ0) is 29.8. The molecule has 8 fully saturated rings. The van der Waals surface area contributed by atoms with Crippen LogP contribution in [0.5, 0.6) is 17.2 Å². The van der Waals surface area contributed by atoms with E-state index in [0.29, 0.717) is 40.8 Å². The summed E-state index contributed by atoms with van der Waals surface area (Å²) < 4.78 is 6.63. The summed E-state index contributed by atoms with van der Waals surface area (Å²) in [4.78, 5) is 11.5. The van der Waals surface area contributed by atoms with Crippen LogP contribution in [0.2, 0.25) is 0 Å². The third kappa shape index (κ3) is 4.07. The molecule has 0 saturated heterocycles. The molecule has 2 atom stereocenters. The average molecular weight is 590 g/mol. The fraction of sp³-hybridized carbons (Fsp3) is 0.513. The standard InChI is InChI=1S/C39H43NO4/c40-32-9-10-33(35(36(32)41)34-27-13-22-11-23(15-27)16-28(34)14-22)44-31-7-5-30(6-8-31)39-19-24-12-25(20-39)18-38(17-24,21-39)29-3-1-26(2-4-29)37(42)43/h1-10,22-25,27-28,34,41H,11-21,40H2,(H,42,43). The van der Waals surface area contributed by atoms with Gasteiger partial charge in [0, 0.05) is 5.56 Å². The minimum atomic E-state index is -0.861. The second kappa shape index (κ2) is 9.52. The van der Waals surface area contributed by atoms with Crippen molar-refractivity contribution >= 4 is 11.7 Å². The zero-order valence-corrected chi connectivity index (χ0v) is 25.4. The van der Waals surface area contributed by atoms with E-state index in [1.165, 1.54) is 75.3 Å². The molecule has 0 amide bonds. The number of hydrogen-bond donors (Lipinski definition) is 3.